The molecule has 1 N–H and O–H groups in total. The minimum Gasteiger partial charge on any atom is -0.320 e. The van der Waals surface area contributed by atoms with Gasteiger partial charge in [0.15, 0.2) is 0 Å². The molecule has 6 nitrogen and oxygen atoms in total. The van der Waals surface area contributed by atoms with Gasteiger partial charge >= 0.3 is 0 Å². The highest BCUT2D eigenvalue weighted by molar-refractivity contribution is 6.34. The van der Waals surface area contributed by atoms with Crippen LogP contribution < -0.4 is 5.32 Å². The molecule has 158 valence electrons. The van der Waals surface area contributed by atoms with Gasteiger partial charge in [0.05, 0.1) is 6.54 Å². The maximum atomic E-state index is 13.9. The van der Waals surface area contributed by atoms with Crippen LogP contribution in [0.3, 0.4) is 0 Å². The largest absolute Gasteiger partial charge is 0.320 e. The maximum absolute atomic E-state index is 13.9. The van der Waals surface area contributed by atoms with Gasteiger partial charge in [-0.05, 0) is 55.0 Å². The number of nitrogens with one attached hydrogen (secondary N) is 1. The lowest BCUT2D eigenvalue weighted by Crippen LogP contribution is -2.31. The van der Waals surface area contributed by atoms with Crippen LogP contribution in [0.25, 0.3) is 0 Å². The standard InChI is InChI=1S/C22H16Cl2FN3O3/c1-13-17(11-15(24)7-8-23)22(31)28(21(13)30)12-14-10-16(25)5-6-18(14)27-20(29)19-4-2-3-9-26-19/h2-11H,12H2,1H3,(H,27,29)/b8-7+,15-11+. The van der Waals surface area contributed by atoms with Crippen molar-refractivity contribution in [2.24, 2.45) is 0 Å². The number of imide groups is 1. The normalized spacial score (nSPS) is 14.7. The van der Waals surface area contributed by atoms with Crippen LogP contribution >= 0.6 is 23.2 Å². The molecule has 1 aliphatic heterocycles. The van der Waals surface area contributed by atoms with Crippen molar-refractivity contribution >= 4 is 46.6 Å². The zero-order valence-electron chi connectivity index (χ0n) is 16.2. The van der Waals surface area contributed by atoms with Crippen molar-refractivity contribution in [1.82, 2.24) is 9.88 Å². The number of amides is 3. The van der Waals surface area contributed by atoms with Crippen LogP contribution in [0, 0.1) is 5.82 Å². The number of aromatic nitrogens is 1. The highest BCUT2D eigenvalue weighted by atomic mass is 35.5. The summed E-state index contributed by atoms with van der Waals surface area (Å²) in [6.45, 7) is 1.25. The monoisotopic (exact) mass is 459 g/mol. The number of carbonyl (C=O) groups excluding carboxylic acids is 3. The van der Waals surface area contributed by atoms with E-state index in [0.29, 0.717) is 0 Å². The Hall–Kier alpha value is -3.29. The van der Waals surface area contributed by atoms with E-state index in [1.165, 1.54) is 49.0 Å². The van der Waals surface area contributed by atoms with Crippen LogP contribution in [-0.4, -0.2) is 27.6 Å². The van der Waals surface area contributed by atoms with Gasteiger partial charge in [-0.25, -0.2) is 4.39 Å². The van der Waals surface area contributed by atoms with Gasteiger partial charge in [-0.15, -0.1) is 0 Å². The van der Waals surface area contributed by atoms with Gasteiger partial charge in [-0.1, -0.05) is 29.3 Å². The smallest absolute Gasteiger partial charge is 0.274 e. The van der Waals surface area contributed by atoms with E-state index in [-0.39, 0.29) is 39.7 Å². The SMILES string of the molecule is CC1=C(/C=C(Cl)\C=C\Cl)C(=O)N(Cc2cc(F)ccc2NC(=O)c2ccccn2)C1=O. The summed E-state index contributed by atoms with van der Waals surface area (Å²) in [5, 5.41) is 2.81. The summed E-state index contributed by atoms with van der Waals surface area (Å²) in [4.78, 5) is 42.8. The Morgan fingerprint density at radius 1 is 1.23 bits per heavy atom. The van der Waals surface area contributed by atoms with Crippen molar-refractivity contribution in [2.45, 2.75) is 13.5 Å². The summed E-state index contributed by atoms with van der Waals surface area (Å²) in [7, 11) is 0. The maximum Gasteiger partial charge on any atom is 0.274 e. The Labute approximate surface area is 187 Å². The minimum absolute atomic E-state index is 0.111. The lowest BCUT2D eigenvalue weighted by molar-refractivity contribution is -0.138. The summed E-state index contributed by atoms with van der Waals surface area (Å²) in [5.41, 5.74) is 2.15. The molecule has 3 amide bonds. The third-order valence-corrected chi connectivity index (χ3v) is 4.85. The first-order chi connectivity index (χ1) is 14.8. The molecule has 0 saturated carbocycles. The molecule has 3 rings (SSSR count). The van der Waals surface area contributed by atoms with E-state index in [0.717, 1.165) is 11.0 Å². The molecular formula is C22H16Cl2FN3O3. The number of halogens is 3. The van der Waals surface area contributed by atoms with E-state index in [2.05, 4.69) is 10.3 Å². The lowest BCUT2D eigenvalue weighted by Gasteiger charge is -2.18. The van der Waals surface area contributed by atoms with Crippen molar-refractivity contribution in [3.63, 3.8) is 0 Å². The third-order valence-electron chi connectivity index (χ3n) is 4.49. The van der Waals surface area contributed by atoms with Crippen molar-refractivity contribution < 1.29 is 18.8 Å². The van der Waals surface area contributed by atoms with Gasteiger partial charge in [0.25, 0.3) is 17.7 Å². The summed E-state index contributed by atoms with van der Waals surface area (Å²) in [6, 6.07) is 8.53. The number of carbonyl (C=O) groups is 3. The number of anilines is 1. The molecule has 0 fully saturated rings. The zero-order valence-corrected chi connectivity index (χ0v) is 17.7. The number of hydrogen-bond acceptors (Lipinski definition) is 4. The van der Waals surface area contributed by atoms with Gasteiger partial charge in [0, 0.05) is 33.6 Å². The van der Waals surface area contributed by atoms with Crippen LogP contribution in [0.5, 0.6) is 0 Å². The Bertz CT molecular complexity index is 1140. The predicted molar refractivity (Wildman–Crippen MR) is 116 cm³/mol. The zero-order chi connectivity index (χ0) is 22.5. The second kappa shape index (κ2) is 9.68. The van der Waals surface area contributed by atoms with E-state index < -0.39 is 23.5 Å². The molecular weight excluding hydrogens is 444 g/mol. The third kappa shape index (κ3) is 5.07. The molecule has 1 aromatic carbocycles. The summed E-state index contributed by atoms with van der Waals surface area (Å²) >= 11 is 11.5. The van der Waals surface area contributed by atoms with Gasteiger partial charge < -0.3 is 5.32 Å². The van der Waals surface area contributed by atoms with E-state index in [9.17, 15) is 18.8 Å². The molecule has 2 aromatic rings. The van der Waals surface area contributed by atoms with Crippen molar-refractivity contribution in [1.29, 1.82) is 0 Å². The van der Waals surface area contributed by atoms with Crippen LogP contribution in [0.1, 0.15) is 23.0 Å². The molecule has 0 unspecified atom stereocenters. The number of benzene rings is 1. The molecule has 0 radical (unpaired) electrons. The van der Waals surface area contributed by atoms with Gasteiger partial charge in [-0.2, -0.15) is 0 Å². The average Bonchev–Trinajstić information content (AvgIpc) is 2.94. The number of hydrogen-bond donors (Lipinski definition) is 1. The first kappa shape index (κ1) is 22.4. The van der Waals surface area contributed by atoms with Crippen LogP contribution in [0.15, 0.2) is 76.5 Å². The molecule has 1 aromatic heterocycles. The number of pyridine rings is 1. The van der Waals surface area contributed by atoms with Gasteiger partial charge in [0.2, 0.25) is 0 Å². The second-order valence-electron chi connectivity index (χ2n) is 6.53. The van der Waals surface area contributed by atoms with E-state index >= 15 is 0 Å². The Kier molecular flexibility index (Phi) is 6.99. The molecule has 0 spiro atoms. The molecule has 0 aliphatic carbocycles. The van der Waals surface area contributed by atoms with E-state index in [1.54, 1.807) is 12.1 Å². The minimum atomic E-state index is -0.588. The summed E-state index contributed by atoms with van der Waals surface area (Å²) in [6.07, 6.45) is 4.17. The van der Waals surface area contributed by atoms with Crippen molar-refractivity contribution in [2.75, 3.05) is 5.32 Å². The lowest BCUT2D eigenvalue weighted by atomic mass is 10.1. The van der Waals surface area contributed by atoms with Crippen molar-refractivity contribution in [3.05, 3.63) is 93.5 Å². The number of allylic oxidation sites excluding steroid dienone is 2. The highest BCUT2D eigenvalue weighted by Gasteiger charge is 2.35. The summed E-state index contributed by atoms with van der Waals surface area (Å²) < 4.78 is 13.9. The Balaban J connectivity index is 1.87. The molecule has 9 heteroatoms. The Morgan fingerprint density at radius 2 is 2.00 bits per heavy atom. The average molecular weight is 460 g/mol. The molecule has 31 heavy (non-hydrogen) atoms. The fourth-order valence-corrected chi connectivity index (χ4v) is 3.32. The predicted octanol–water partition coefficient (Wildman–Crippen LogP) is 4.53. The fraction of sp³-hybridized carbons (Fsp3) is 0.0909. The van der Waals surface area contributed by atoms with Crippen LogP contribution in [-0.2, 0) is 16.1 Å². The summed E-state index contributed by atoms with van der Waals surface area (Å²) in [5.74, 6) is -2.22. The molecule has 0 bridgehead atoms. The van der Waals surface area contributed by atoms with Crippen LogP contribution in [0.4, 0.5) is 10.1 Å². The first-order valence-corrected chi connectivity index (χ1v) is 9.85. The van der Waals surface area contributed by atoms with Gasteiger partial charge in [-0.3, -0.25) is 24.3 Å². The fourth-order valence-electron chi connectivity index (χ4n) is 2.94. The second-order valence-corrected chi connectivity index (χ2v) is 7.22. The van der Waals surface area contributed by atoms with Crippen LogP contribution in [0.2, 0.25) is 0 Å². The molecule has 0 atom stereocenters. The molecule has 0 saturated heterocycles. The first-order valence-electron chi connectivity index (χ1n) is 9.03. The van der Waals surface area contributed by atoms with E-state index in [4.69, 9.17) is 23.2 Å². The van der Waals surface area contributed by atoms with Gasteiger partial charge in [0.1, 0.15) is 11.5 Å². The number of rotatable bonds is 6. The van der Waals surface area contributed by atoms with E-state index in [1.807, 2.05) is 0 Å². The Morgan fingerprint density at radius 3 is 2.68 bits per heavy atom. The quantitative estimate of drug-likeness (QED) is 0.508. The molecule has 2 heterocycles. The number of nitrogens with zero attached hydrogens (tertiary/aromatic N) is 2. The van der Waals surface area contributed by atoms with Crippen molar-refractivity contribution in [3.8, 4) is 0 Å². The topological polar surface area (TPSA) is 79.4 Å². The molecule has 1 aliphatic rings. The highest BCUT2D eigenvalue weighted by Crippen LogP contribution is 2.28.